The van der Waals surface area contributed by atoms with Crippen LogP contribution in [0.3, 0.4) is 0 Å². The molecule has 26 heavy (non-hydrogen) atoms. The molecule has 0 radical (unpaired) electrons. The Morgan fingerprint density at radius 3 is 2.54 bits per heavy atom. The molecular weight excluding hydrogens is 336 g/mol. The van der Waals surface area contributed by atoms with E-state index in [0.29, 0.717) is 11.5 Å². The van der Waals surface area contributed by atoms with Crippen LogP contribution in [0.4, 0.5) is 0 Å². The molecule has 138 valence electrons. The van der Waals surface area contributed by atoms with Crippen LogP contribution in [0.2, 0.25) is 0 Å². The summed E-state index contributed by atoms with van der Waals surface area (Å²) in [6, 6.07) is 11.0. The van der Waals surface area contributed by atoms with Gasteiger partial charge in [0.05, 0.1) is 19.3 Å². The number of phenols is 1. The number of methoxy groups -OCH3 is 1. The average Bonchev–Trinajstić information content (AvgIpc) is 3.25. The van der Waals surface area contributed by atoms with Gasteiger partial charge in [-0.25, -0.2) is 0 Å². The number of aromatic hydroxyl groups is 1. The molecule has 0 bridgehead atoms. The summed E-state index contributed by atoms with van der Waals surface area (Å²) in [6.45, 7) is 2.31. The van der Waals surface area contributed by atoms with Crippen molar-refractivity contribution >= 4 is 0 Å². The molecule has 1 fully saturated rings. The van der Waals surface area contributed by atoms with Gasteiger partial charge in [0, 0.05) is 12.5 Å². The Hall–Kier alpha value is -2.44. The molecule has 4 rings (SSSR count). The van der Waals surface area contributed by atoms with Crippen molar-refractivity contribution in [2.45, 2.75) is 19.1 Å². The zero-order valence-electron chi connectivity index (χ0n) is 14.7. The summed E-state index contributed by atoms with van der Waals surface area (Å²) in [7, 11) is 1.52. The van der Waals surface area contributed by atoms with Gasteiger partial charge in [0.25, 0.3) is 0 Å². The maximum absolute atomic E-state index is 9.97. The number of rotatable bonds is 4. The molecule has 0 aliphatic carbocycles. The van der Waals surface area contributed by atoms with Crippen LogP contribution < -0.4 is 14.2 Å². The maximum Gasteiger partial charge on any atom is 0.231 e. The van der Waals surface area contributed by atoms with E-state index < -0.39 is 0 Å². The summed E-state index contributed by atoms with van der Waals surface area (Å²) >= 11 is 0. The first-order valence-corrected chi connectivity index (χ1v) is 8.65. The van der Waals surface area contributed by atoms with Gasteiger partial charge in [-0.05, 0) is 41.3 Å². The molecule has 0 unspecified atom stereocenters. The van der Waals surface area contributed by atoms with E-state index in [0.717, 1.165) is 16.9 Å². The lowest BCUT2D eigenvalue weighted by Gasteiger charge is -2.19. The molecule has 6 heteroatoms. The highest BCUT2D eigenvalue weighted by molar-refractivity contribution is 5.46. The van der Waals surface area contributed by atoms with Gasteiger partial charge in [0.2, 0.25) is 6.79 Å². The molecule has 0 saturated carbocycles. The first-order chi connectivity index (χ1) is 12.6. The third kappa shape index (κ3) is 2.75. The van der Waals surface area contributed by atoms with Crippen LogP contribution in [-0.4, -0.2) is 30.7 Å². The smallest absolute Gasteiger partial charge is 0.231 e. The summed E-state index contributed by atoms with van der Waals surface area (Å²) in [4.78, 5) is 0. The van der Waals surface area contributed by atoms with Crippen LogP contribution in [0.1, 0.15) is 30.3 Å². The van der Waals surface area contributed by atoms with Crippen LogP contribution in [-0.2, 0) is 4.74 Å². The van der Waals surface area contributed by atoms with Crippen LogP contribution >= 0.6 is 0 Å². The van der Waals surface area contributed by atoms with Gasteiger partial charge >= 0.3 is 0 Å². The lowest BCUT2D eigenvalue weighted by atomic mass is 9.84. The monoisotopic (exact) mass is 358 g/mol. The van der Waals surface area contributed by atoms with E-state index in [1.165, 1.54) is 7.11 Å². The predicted molar refractivity (Wildman–Crippen MR) is 93.5 cm³/mol. The van der Waals surface area contributed by atoms with Crippen molar-refractivity contribution in [1.29, 1.82) is 0 Å². The zero-order chi connectivity index (χ0) is 18.3. The fourth-order valence-corrected chi connectivity index (χ4v) is 3.81. The fourth-order valence-electron chi connectivity index (χ4n) is 3.81. The van der Waals surface area contributed by atoms with E-state index in [9.17, 15) is 10.2 Å². The van der Waals surface area contributed by atoms with Gasteiger partial charge in [-0.15, -0.1) is 0 Å². The molecule has 2 aromatic carbocycles. The highest BCUT2D eigenvalue weighted by Crippen LogP contribution is 2.50. The SMILES string of the molecule is COc1cc([C@@H]2O[C@@H](c3ccc4c(c3)OCO4)[C@H](CO)[C@@H]2C)ccc1O. The van der Waals surface area contributed by atoms with Crippen molar-refractivity contribution in [3.05, 3.63) is 47.5 Å². The molecule has 0 spiro atoms. The Morgan fingerprint density at radius 1 is 1.04 bits per heavy atom. The van der Waals surface area contributed by atoms with E-state index in [-0.39, 0.29) is 43.2 Å². The number of benzene rings is 2. The lowest BCUT2D eigenvalue weighted by Crippen LogP contribution is -2.17. The Labute approximate surface area is 151 Å². The maximum atomic E-state index is 9.97. The Morgan fingerprint density at radius 2 is 1.77 bits per heavy atom. The summed E-state index contributed by atoms with van der Waals surface area (Å²) in [5.74, 6) is 1.95. The Balaban J connectivity index is 1.65. The normalized spacial score (nSPS) is 26.9. The highest BCUT2D eigenvalue weighted by Gasteiger charge is 2.43. The van der Waals surface area contributed by atoms with Crippen LogP contribution in [0.15, 0.2) is 36.4 Å². The van der Waals surface area contributed by atoms with E-state index in [4.69, 9.17) is 18.9 Å². The van der Waals surface area contributed by atoms with Crippen molar-refractivity contribution in [3.8, 4) is 23.0 Å². The largest absolute Gasteiger partial charge is 0.504 e. The van der Waals surface area contributed by atoms with Crippen LogP contribution in [0, 0.1) is 11.8 Å². The molecule has 0 aromatic heterocycles. The number of aliphatic hydroxyl groups is 1. The van der Waals surface area contributed by atoms with Gasteiger partial charge in [-0.2, -0.15) is 0 Å². The van der Waals surface area contributed by atoms with Gasteiger partial charge in [-0.3, -0.25) is 0 Å². The molecule has 6 nitrogen and oxygen atoms in total. The number of ether oxygens (including phenoxy) is 4. The first-order valence-electron chi connectivity index (χ1n) is 8.65. The average molecular weight is 358 g/mol. The number of phenolic OH excluding ortho intramolecular Hbond substituents is 1. The van der Waals surface area contributed by atoms with Crippen LogP contribution in [0.5, 0.6) is 23.0 Å². The van der Waals surface area contributed by atoms with Crippen molar-refractivity contribution < 1.29 is 29.2 Å². The fraction of sp³-hybridized carbons (Fsp3) is 0.400. The topological polar surface area (TPSA) is 77.4 Å². The van der Waals surface area contributed by atoms with E-state index in [1.54, 1.807) is 12.1 Å². The number of aliphatic hydroxyl groups excluding tert-OH is 1. The number of hydrogen-bond donors (Lipinski definition) is 2. The first kappa shape index (κ1) is 17.0. The minimum absolute atomic E-state index is 0.0198. The summed E-state index contributed by atoms with van der Waals surface area (Å²) in [5, 5.41) is 19.8. The molecule has 2 aromatic rings. The molecule has 2 aliphatic heterocycles. The summed E-state index contributed by atoms with van der Waals surface area (Å²) in [5.41, 5.74) is 1.86. The molecule has 2 heterocycles. The number of fused-ring (bicyclic) bond motifs is 1. The van der Waals surface area contributed by atoms with Gasteiger partial charge < -0.3 is 29.2 Å². The molecule has 2 aliphatic rings. The number of hydrogen-bond acceptors (Lipinski definition) is 6. The summed E-state index contributed by atoms with van der Waals surface area (Å²) in [6.07, 6.45) is -0.466. The Bertz CT molecular complexity index is 805. The minimum Gasteiger partial charge on any atom is -0.504 e. The quantitative estimate of drug-likeness (QED) is 0.874. The second-order valence-electron chi connectivity index (χ2n) is 6.73. The minimum atomic E-state index is -0.255. The third-order valence-electron chi connectivity index (χ3n) is 5.30. The summed E-state index contributed by atoms with van der Waals surface area (Å²) < 4.78 is 22.4. The standard InChI is InChI=1S/C20H22O6/c1-11-14(9-21)20(13-4-6-16-18(8-13)25-10-24-16)26-19(11)12-3-5-15(22)17(7-12)23-2/h3-8,11,14,19-22H,9-10H2,1-2H3/t11-,14+,19+,20-/m0/s1. The Kier molecular flexibility index (Phi) is 4.38. The van der Waals surface area contributed by atoms with Crippen LogP contribution in [0.25, 0.3) is 0 Å². The third-order valence-corrected chi connectivity index (χ3v) is 5.30. The molecule has 0 amide bonds. The zero-order valence-corrected chi connectivity index (χ0v) is 14.7. The van der Waals surface area contributed by atoms with Gasteiger partial charge in [0.1, 0.15) is 0 Å². The van der Waals surface area contributed by atoms with Crippen molar-refractivity contribution in [3.63, 3.8) is 0 Å². The second kappa shape index (κ2) is 6.70. The van der Waals surface area contributed by atoms with E-state index >= 15 is 0 Å². The highest BCUT2D eigenvalue weighted by atomic mass is 16.7. The second-order valence-corrected chi connectivity index (χ2v) is 6.73. The molecule has 2 N–H and O–H groups in total. The van der Waals surface area contributed by atoms with Gasteiger partial charge in [0.15, 0.2) is 23.0 Å². The van der Waals surface area contributed by atoms with Crippen molar-refractivity contribution in [2.24, 2.45) is 11.8 Å². The van der Waals surface area contributed by atoms with Crippen molar-refractivity contribution in [1.82, 2.24) is 0 Å². The molecular formula is C20H22O6. The molecule has 1 saturated heterocycles. The van der Waals surface area contributed by atoms with E-state index in [2.05, 4.69) is 6.92 Å². The predicted octanol–water partition coefficient (Wildman–Crippen LogP) is 3.19. The van der Waals surface area contributed by atoms with Gasteiger partial charge in [-0.1, -0.05) is 19.1 Å². The van der Waals surface area contributed by atoms with Crippen molar-refractivity contribution in [2.75, 3.05) is 20.5 Å². The molecule has 4 atom stereocenters. The van der Waals surface area contributed by atoms with E-state index in [1.807, 2.05) is 24.3 Å². The lowest BCUT2D eigenvalue weighted by molar-refractivity contribution is 0.0220.